The molecular formula is C15H21ClN2O2S. The summed E-state index contributed by atoms with van der Waals surface area (Å²) in [5, 5.41) is 3.71. The number of halogens is 1. The quantitative estimate of drug-likeness (QED) is 0.780. The number of carbonyl (C=O) groups excluding carboxylic acids is 1. The van der Waals surface area contributed by atoms with Crippen molar-refractivity contribution in [3.05, 3.63) is 29.3 Å². The molecule has 1 aliphatic rings. The van der Waals surface area contributed by atoms with E-state index in [-0.39, 0.29) is 5.91 Å². The van der Waals surface area contributed by atoms with Crippen LogP contribution in [0.3, 0.4) is 0 Å². The minimum absolute atomic E-state index is 0.115. The number of nitrogens with zero attached hydrogens (tertiary/aromatic N) is 1. The molecule has 0 aliphatic carbocycles. The van der Waals surface area contributed by atoms with Crippen molar-refractivity contribution in [1.29, 1.82) is 0 Å². The summed E-state index contributed by atoms with van der Waals surface area (Å²) in [7, 11) is 0. The minimum Gasteiger partial charge on any atom is -0.379 e. The maximum atomic E-state index is 11.7. The molecule has 1 aliphatic heterocycles. The van der Waals surface area contributed by atoms with Crippen LogP contribution >= 0.6 is 23.4 Å². The molecule has 1 fully saturated rings. The van der Waals surface area contributed by atoms with E-state index < -0.39 is 0 Å². The number of hydrogen-bond donors (Lipinski definition) is 1. The van der Waals surface area contributed by atoms with E-state index >= 15 is 0 Å². The van der Waals surface area contributed by atoms with Gasteiger partial charge in [-0.3, -0.25) is 9.69 Å². The van der Waals surface area contributed by atoms with Crippen LogP contribution in [-0.4, -0.2) is 56.0 Å². The van der Waals surface area contributed by atoms with E-state index in [2.05, 4.69) is 10.2 Å². The number of ether oxygens (including phenoxy) is 1. The highest BCUT2D eigenvalue weighted by molar-refractivity contribution is 7.99. The molecule has 1 aromatic carbocycles. The Kier molecular flexibility index (Phi) is 7.36. The first-order valence-corrected chi connectivity index (χ1v) is 8.55. The lowest BCUT2D eigenvalue weighted by Crippen LogP contribution is -2.41. The number of rotatable bonds is 7. The Morgan fingerprint density at radius 2 is 2.00 bits per heavy atom. The molecule has 2 rings (SSSR count). The second-order valence-electron chi connectivity index (χ2n) is 4.86. The number of morpholine rings is 1. The molecule has 0 unspecified atom stereocenters. The highest BCUT2D eigenvalue weighted by Crippen LogP contribution is 2.20. The van der Waals surface area contributed by atoms with E-state index in [1.165, 1.54) is 0 Å². The first kappa shape index (κ1) is 16.6. The van der Waals surface area contributed by atoms with Gasteiger partial charge in [-0.1, -0.05) is 11.6 Å². The first-order chi connectivity index (χ1) is 10.2. The van der Waals surface area contributed by atoms with Gasteiger partial charge in [-0.15, -0.1) is 11.8 Å². The highest BCUT2D eigenvalue weighted by atomic mass is 35.5. The average molecular weight is 329 g/mol. The maximum Gasteiger partial charge on any atom is 0.220 e. The molecule has 21 heavy (non-hydrogen) atoms. The van der Waals surface area contributed by atoms with Crippen molar-refractivity contribution in [2.75, 3.05) is 45.1 Å². The van der Waals surface area contributed by atoms with Crippen molar-refractivity contribution in [3.63, 3.8) is 0 Å². The van der Waals surface area contributed by atoms with Gasteiger partial charge in [-0.2, -0.15) is 0 Å². The van der Waals surface area contributed by atoms with Crippen molar-refractivity contribution in [2.24, 2.45) is 0 Å². The molecule has 1 aromatic rings. The molecule has 1 saturated heterocycles. The average Bonchev–Trinajstić information content (AvgIpc) is 2.50. The Labute approximate surface area is 135 Å². The highest BCUT2D eigenvalue weighted by Gasteiger charge is 2.10. The number of hydrogen-bond acceptors (Lipinski definition) is 4. The van der Waals surface area contributed by atoms with Crippen molar-refractivity contribution in [3.8, 4) is 0 Å². The van der Waals surface area contributed by atoms with Crippen molar-refractivity contribution < 1.29 is 9.53 Å². The number of nitrogens with one attached hydrogen (secondary N) is 1. The van der Waals surface area contributed by atoms with Crippen molar-refractivity contribution in [1.82, 2.24) is 10.2 Å². The maximum absolute atomic E-state index is 11.7. The van der Waals surface area contributed by atoms with E-state index in [1.54, 1.807) is 11.8 Å². The summed E-state index contributed by atoms with van der Waals surface area (Å²) in [5.41, 5.74) is 0. The number of carbonyl (C=O) groups is 1. The molecule has 1 heterocycles. The van der Waals surface area contributed by atoms with Gasteiger partial charge in [0, 0.05) is 48.3 Å². The molecule has 4 nitrogen and oxygen atoms in total. The van der Waals surface area contributed by atoms with Gasteiger partial charge >= 0.3 is 0 Å². The summed E-state index contributed by atoms with van der Waals surface area (Å²) < 4.78 is 5.29. The summed E-state index contributed by atoms with van der Waals surface area (Å²) in [6, 6.07) is 7.69. The molecule has 0 bridgehead atoms. The predicted molar refractivity (Wildman–Crippen MR) is 87.1 cm³/mol. The van der Waals surface area contributed by atoms with Crippen LogP contribution in [0, 0.1) is 0 Å². The Bertz CT molecular complexity index is 436. The van der Waals surface area contributed by atoms with E-state index in [9.17, 15) is 4.79 Å². The summed E-state index contributed by atoms with van der Waals surface area (Å²) in [6.45, 7) is 5.13. The second kappa shape index (κ2) is 9.30. The van der Waals surface area contributed by atoms with Gasteiger partial charge in [0.05, 0.1) is 13.2 Å². The fourth-order valence-electron chi connectivity index (χ4n) is 2.06. The Morgan fingerprint density at radius 1 is 1.29 bits per heavy atom. The Balaban J connectivity index is 1.54. The van der Waals surface area contributed by atoms with Gasteiger partial charge in [-0.05, 0) is 24.3 Å². The summed E-state index contributed by atoms with van der Waals surface area (Å²) in [4.78, 5) is 15.2. The van der Waals surface area contributed by atoms with Crippen LogP contribution in [0.2, 0.25) is 5.02 Å². The van der Waals surface area contributed by atoms with Crippen LogP contribution < -0.4 is 5.32 Å². The Hall–Kier alpha value is -0.750. The minimum atomic E-state index is 0.115. The third kappa shape index (κ3) is 6.70. The molecule has 0 spiro atoms. The number of thioether (sulfide) groups is 1. The molecule has 0 radical (unpaired) electrons. The van der Waals surface area contributed by atoms with E-state index in [4.69, 9.17) is 16.3 Å². The van der Waals surface area contributed by atoms with Crippen molar-refractivity contribution in [2.45, 2.75) is 11.3 Å². The van der Waals surface area contributed by atoms with Crippen LogP contribution in [0.4, 0.5) is 0 Å². The summed E-state index contributed by atoms with van der Waals surface area (Å²) >= 11 is 7.50. The third-order valence-corrected chi connectivity index (χ3v) is 4.53. The van der Waals surface area contributed by atoms with Crippen molar-refractivity contribution >= 4 is 29.3 Å². The largest absolute Gasteiger partial charge is 0.379 e. The zero-order valence-electron chi connectivity index (χ0n) is 12.0. The molecule has 0 atom stereocenters. The molecule has 116 valence electrons. The topological polar surface area (TPSA) is 41.6 Å². The van der Waals surface area contributed by atoms with Gasteiger partial charge in [0.25, 0.3) is 0 Å². The predicted octanol–water partition coefficient (Wildman–Crippen LogP) is 2.27. The van der Waals surface area contributed by atoms with Gasteiger partial charge in [0.2, 0.25) is 5.91 Å². The molecule has 0 saturated carbocycles. The van der Waals surface area contributed by atoms with Gasteiger partial charge in [0.1, 0.15) is 0 Å². The molecular weight excluding hydrogens is 308 g/mol. The zero-order valence-corrected chi connectivity index (χ0v) is 13.6. The normalized spacial score (nSPS) is 15.9. The van der Waals surface area contributed by atoms with Gasteiger partial charge in [0.15, 0.2) is 0 Å². The standard InChI is InChI=1S/C15H21ClN2O2S/c16-13-1-3-14(4-2-13)21-12-5-15(19)17-6-7-18-8-10-20-11-9-18/h1-4H,5-12H2,(H,17,19). The van der Waals surface area contributed by atoms with Crippen LogP contribution in [0.5, 0.6) is 0 Å². The van der Waals surface area contributed by atoms with E-state index in [0.717, 1.165) is 48.5 Å². The lowest BCUT2D eigenvalue weighted by molar-refractivity contribution is -0.120. The molecule has 0 aromatic heterocycles. The fourth-order valence-corrected chi connectivity index (χ4v) is 3.04. The summed E-state index contributed by atoms with van der Waals surface area (Å²) in [5.74, 6) is 0.898. The SMILES string of the molecule is O=C(CCSc1ccc(Cl)cc1)NCCN1CCOCC1. The van der Waals surface area contributed by atoms with Crippen LogP contribution in [-0.2, 0) is 9.53 Å². The van der Waals surface area contributed by atoms with E-state index in [1.807, 2.05) is 24.3 Å². The van der Waals surface area contributed by atoms with Crippen LogP contribution in [0.25, 0.3) is 0 Å². The van der Waals surface area contributed by atoms with E-state index in [0.29, 0.717) is 13.0 Å². The van der Waals surface area contributed by atoms with Crippen LogP contribution in [0.15, 0.2) is 29.2 Å². The van der Waals surface area contributed by atoms with Gasteiger partial charge in [-0.25, -0.2) is 0 Å². The molecule has 1 N–H and O–H groups in total. The third-order valence-electron chi connectivity index (χ3n) is 3.27. The molecule has 6 heteroatoms. The number of benzene rings is 1. The smallest absolute Gasteiger partial charge is 0.220 e. The number of amides is 1. The second-order valence-corrected chi connectivity index (χ2v) is 6.46. The Morgan fingerprint density at radius 3 is 2.71 bits per heavy atom. The van der Waals surface area contributed by atoms with Gasteiger partial charge < -0.3 is 10.1 Å². The first-order valence-electron chi connectivity index (χ1n) is 7.19. The zero-order chi connectivity index (χ0) is 14.9. The van der Waals surface area contributed by atoms with Crippen LogP contribution in [0.1, 0.15) is 6.42 Å². The lowest BCUT2D eigenvalue weighted by atomic mass is 10.4. The monoisotopic (exact) mass is 328 g/mol. The fraction of sp³-hybridized carbons (Fsp3) is 0.533. The summed E-state index contributed by atoms with van der Waals surface area (Å²) in [6.07, 6.45) is 0.538. The lowest BCUT2D eigenvalue weighted by Gasteiger charge is -2.26. The molecule has 1 amide bonds.